The van der Waals surface area contributed by atoms with Gasteiger partial charge in [0, 0.05) is 24.2 Å². The molecule has 1 fully saturated rings. The Kier molecular flexibility index (Phi) is 26.4. The van der Waals surface area contributed by atoms with E-state index < -0.39 is 0 Å². The van der Waals surface area contributed by atoms with Crippen molar-refractivity contribution in [1.29, 1.82) is 0 Å². The third kappa shape index (κ3) is 20.5. The number of halogens is 1. The van der Waals surface area contributed by atoms with Crippen molar-refractivity contribution in [2.45, 2.75) is 47.5 Å². The van der Waals surface area contributed by atoms with Crippen LogP contribution >= 0.6 is 11.6 Å². The highest BCUT2D eigenvalue weighted by Crippen LogP contribution is 2.25. The van der Waals surface area contributed by atoms with Crippen molar-refractivity contribution in [2.24, 2.45) is 5.92 Å². The molecule has 0 radical (unpaired) electrons. The fourth-order valence-electron chi connectivity index (χ4n) is 0.589. The summed E-state index contributed by atoms with van der Waals surface area (Å²) in [6, 6.07) is 1.86. The Morgan fingerprint density at radius 3 is 1.83 bits per heavy atom. The standard InChI is InChI=1S/C5H6N2.C4H6O.2C2H6.CH3Cl/c1-5-2-3-6-4-7-5;5-3-4-1-2-4;3*1-2/h2-4H,1H3;3-4H,1-2H2;2*1-2H3;1H3. The number of carbonyl (C=O) groups is 1. The molecular weight excluding hydrogens is 248 g/mol. The lowest BCUT2D eigenvalue weighted by Crippen LogP contribution is -1.77. The maximum Gasteiger partial charge on any atom is 0.123 e. The van der Waals surface area contributed by atoms with Crippen LogP contribution in [0.5, 0.6) is 0 Å². The van der Waals surface area contributed by atoms with Crippen molar-refractivity contribution in [1.82, 2.24) is 9.97 Å². The molecule has 0 aliphatic heterocycles. The summed E-state index contributed by atoms with van der Waals surface area (Å²) in [5.74, 6) is 0.454. The monoisotopic (exact) mass is 274 g/mol. The lowest BCUT2D eigenvalue weighted by Gasteiger charge is -1.81. The average Bonchev–Trinajstić information content (AvgIpc) is 3.31. The zero-order valence-corrected chi connectivity index (χ0v) is 13.2. The van der Waals surface area contributed by atoms with E-state index in [9.17, 15) is 4.79 Å². The number of aldehydes is 1. The molecule has 0 unspecified atom stereocenters. The predicted molar refractivity (Wildman–Crippen MR) is 80.0 cm³/mol. The zero-order chi connectivity index (χ0) is 14.8. The van der Waals surface area contributed by atoms with E-state index >= 15 is 0 Å². The SMILES string of the molecule is CC.CC.CCl.Cc1ccncn1.O=CC1CC1. The molecule has 18 heavy (non-hydrogen) atoms. The van der Waals surface area contributed by atoms with Gasteiger partial charge in [0.25, 0.3) is 0 Å². The Morgan fingerprint density at radius 2 is 1.72 bits per heavy atom. The minimum atomic E-state index is 0.454. The van der Waals surface area contributed by atoms with Crippen LogP contribution in [0, 0.1) is 12.8 Å². The summed E-state index contributed by atoms with van der Waals surface area (Å²) in [6.45, 7) is 9.93. The maximum absolute atomic E-state index is 9.57. The fourth-order valence-corrected chi connectivity index (χ4v) is 0.589. The van der Waals surface area contributed by atoms with Gasteiger partial charge in [-0.3, -0.25) is 0 Å². The lowest BCUT2D eigenvalue weighted by molar-refractivity contribution is -0.108. The van der Waals surface area contributed by atoms with E-state index in [-0.39, 0.29) is 0 Å². The van der Waals surface area contributed by atoms with Crippen LogP contribution in [0.4, 0.5) is 0 Å². The molecule has 0 saturated heterocycles. The van der Waals surface area contributed by atoms with Gasteiger partial charge in [0.2, 0.25) is 0 Å². The van der Waals surface area contributed by atoms with Crippen molar-refractivity contribution in [2.75, 3.05) is 6.38 Å². The van der Waals surface area contributed by atoms with Gasteiger partial charge in [0.05, 0.1) is 0 Å². The fraction of sp³-hybridized carbons (Fsp3) is 0.643. The number of hydrogen-bond acceptors (Lipinski definition) is 3. The molecule has 1 aliphatic carbocycles. The van der Waals surface area contributed by atoms with Gasteiger partial charge in [0.15, 0.2) is 0 Å². The second-order valence-corrected chi connectivity index (χ2v) is 2.82. The molecule has 3 nitrogen and oxygen atoms in total. The summed E-state index contributed by atoms with van der Waals surface area (Å²) < 4.78 is 0. The van der Waals surface area contributed by atoms with Crippen LogP contribution < -0.4 is 0 Å². The normalized spacial score (nSPS) is 10.6. The first-order chi connectivity index (χ1) is 8.83. The molecule has 1 heterocycles. The highest BCUT2D eigenvalue weighted by molar-refractivity contribution is 6.15. The van der Waals surface area contributed by atoms with Gasteiger partial charge in [-0.2, -0.15) is 0 Å². The van der Waals surface area contributed by atoms with Crippen LogP contribution in [-0.2, 0) is 4.79 Å². The van der Waals surface area contributed by atoms with Gasteiger partial charge in [-0.1, -0.05) is 27.7 Å². The van der Waals surface area contributed by atoms with E-state index in [4.69, 9.17) is 0 Å². The topological polar surface area (TPSA) is 42.9 Å². The van der Waals surface area contributed by atoms with Crippen molar-refractivity contribution in [3.8, 4) is 0 Å². The van der Waals surface area contributed by atoms with Crippen LogP contribution in [0.3, 0.4) is 0 Å². The zero-order valence-electron chi connectivity index (χ0n) is 12.5. The van der Waals surface area contributed by atoms with Gasteiger partial charge < -0.3 is 4.79 Å². The third-order valence-electron chi connectivity index (χ3n) is 1.54. The molecular formula is C14H27ClN2O. The van der Waals surface area contributed by atoms with Gasteiger partial charge in [-0.25, -0.2) is 9.97 Å². The summed E-state index contributed by atoms with van der Waals surface area (Å²) in [6.07, 6.45) is 8.05. The Bertz CT molecular complexity index is 239. The van der Waals surface area contributed by atoms with Crippen LogP contribution in [0.2, 0.25) is 0 Å². The average molecular weight is 275 g/mol. The van der Waals surface area contributed by atoms with Crippen molar-refractivity contribution in [3.63, 3.8) is 0 Å². The molecule has 1 aromatic rings. The van der Waals surface area contributed by atoms with Gasteiger partial charge in [-0.15, -0.1) is 11.6 Å². The molecule has 0 bridgehead atoms. The highest BCUT2D eigenvalue weighted by Gasteiger charge is 2.18. The molecule has 1 saturated carbocycles. The first-order valence-electron chi connectivity index (χ1n) is 6.38. The van der Waals surface area contributed by atoms with E-state index in [1.165, 1.54) is 12.7 Å². The number of carbonyl (C=O) groups excluding carboxylic acids is 1. The van der Waals surface area contributed by atoms with Crippen LogP contribution in [-0.4, -0.2) is 22.6 Å². The molecule has 1 aliphatic rings. The molecule has 0 atom stereocenters. The molecule has 0 aromatic carbocycles. The maximum atomic E-state index is 9.57. The Morgan fingerprint density at radius 1 is 1.22 bits per heavy atom. The predicted octanol–water partition coefficient (Wildman–Crippen LogP) is 4.29. The van der Waals surface area contributed by atoms with Gasteiger partial charge in [0.1, 0.15) is 12.6 Å². The van der Waals surface area contributed by atoms with Gasteiger partial charge >= 0.3 is 0 Å². The number of aryl methyl sites for hydroxylation is 1. The summed E-state index contributed by atoms with van der Waals surface area (Å²) in [5, 5.41) is 0. The number of alkyl halides is 1. The third-order valence-corrected chi connectivity index (χ3v) is 1.54. The molecule has 0 amide bonds. The van der Waals surface area contributed by atoms with Crippen LogP contribution in [0.1, 0.15) is 46.2 Å². The Hall–Kier alpha value is -0.960. The number of aromatic nitrogens is 2. The smallest absolute Gasteiger partial charge is 0.123 e. The largest absolute Gasteiger partial charge is 0.303 e. The minimum Gasteiger partial charge on any atom is -0.303 e. The van der Waals surface area contributed by atoms with E-state index in [0.29, 0.717) is 5.92 Å². The number of hydrogen-bond donors (Lipinski definition) is 0. The molecule has 106 valence electrons. The van der Waals surface area contributed by atoms with E-state index in [1.807, 2.05) is 40.7 Å². The number of nitrogens with zero attached hydrogens (tertiary/aromatic N) is 2. The van der Waals surface area contributed by atoms with E-state index in [2.05, 4.69) is 21.6 Å². The van der Waals surface area contributed by atoms with Crippen LogP contribution in [0.15, 0.2) is 18.6 Å². The van der Waals surface area contributed by atoms with E-state index in [0.717, 1.165) is 24.8 Å². The molecule has 4 heteroatoms. The van der Waals surface area contributed by atoms with Crippen molar-refractivity contribution >= 4 is 17.9 Å². The summed E-state index contributed by atoms with van der Waals surface area (Å²) >= 11 is 4.64. The highest BCUT2D eigenvalue weighted by atomic mass is 35.5. The summed E-state index contributed by atoms with van der Waals surface area (Å²) in [5.41, 5.74) is 1.01. The Balaban J connectivity index is -0.000000181. The van der Waals surface area contributed by atoms with Gasteiger partial charge in [-0.05, 0) is 25.8 Å². The molecule has 0 spiro atoms. The quantitative estimate of drug-likeness (QED) is 0.567. The number of rotatable bonds is 1. The minimum absolute atomic E-state index is 0.454. The summed E-state index contributed by atoms with van der Waals surface area (Å²) in [7, 11) is 0. The first kappa shape index (κ1) is 22.2. The summed E-state index contributed by atoms with van der Waals surface area (Å²) in [4.78, 5) is 17.2. The lowest BCUT2D eigenvalue weighted by atomic mass is 10.5. The van der Waals surface area contributed by atoms with Crippen molar-refractivity contribution < 1.29 is 4.79 Å². The second kappa shape index (κ2) is 21.3. The molecule has 2 rings (SSSR count). The second-order valence-electron chi connectivity index (χ2n) is 2.82. The van der Waals surface area contributed by atoms with Crippen LogP contribution in [0.25, 0.3) is 0 Å². The molecule has 0 N–H and O–H groups in total. The van der Waals surface area contributed by atoms with Crippen molar-refractivity contribution in [3.05, 3.63) is 24.3 Å². The Labute approximate surface area is 117 Å². The molecule has 1 aromatic heterocycles. The first-order valence-corrected chi connectivity index (χ1v) is 7.14. The van der Waals surface area contributed by atoms with E-state index in [1.54, 1.807) is 6.20 Å².